The van der Waals surface area contributed by atoms with Gasteiger partial charge >= 0.3 is 17.8 Å². The molecule has 0 aromatic carbocycles. The first-order valence-electron chi connectivity index (χ1n) is 9.16. The van der Waals surface area contributed by atoms with E-state index in [1.165, 1.54) is 13.0 Å². The first-order valence-corrected chi connectivity index (χ1v) is 9.98. The van der Waals surface area contributed by atoms with Crippen LogP contribution in [0.15, 0.2) is 22.8 Å². The minimum atomic E-state index is -5.29. The number of nitriles is 1. The van der Waals surface area contributed by atoms with Crippen LogP contribution in [0.2, 0.25) is 0 Å². The monoisotopic (exact) mass is 441 g/mol. The molecular weight excluding hydrogens is 423 g/mol. The van der Waals surface area contributed by atoms with Crippen LogP contribution in [-0.4, -0.2) is 30.3 Å². The highest BCUT2D eigenvalue weighted by Gasteiger charge is 2.64. The molecule has 11 heteroatoms. The number of fused-ring (bicyclic) bond motifs is 1. The van der Waals surface area contributed by atoms with Crippen molar-refractivity contribution in [2.24, 2.45) is 0 Å². The van der Waals surface area contributed by atoms with Crippen molar-refractivity contribution in [1.82, 2.24) is 5.32 Å². The van der Waals surface area contributed by atoms with Crippen LogP contribution in [0.1, 0.15) is 46.3 Å². The van der Waals surface area contributed by atoms with E-state index in [0.717, 1.165) is 41.4 Å². The zero-order chi connectivity index (χ0) is 21.9. The molecule has 1 amide bonds. The van der Waals surface area contributed by atoms with Crippen molar-refractivity contribution >= 4 is 28.2 Å². The van der Waals surface area contributed by atoms with Gasteiger partial charge in [0, 0.05) is 4.88 Å². The van der Waals surface area contributed by atoms with E-state index in [9.17, 15) is 28.0 Å². The first-order chi connectivity index (χ1) is 14.2. The van der Waals surface area contributed by atoms with Crippen LogP contribution in [-0.2, 0) is 22.4 Å². The van der Waals surface area contributed by atoms with Crippen LogP contribution in [0.5, 0.6) is 0 Å². The van der Waals surface area contributed by atoms with Gasteiger partial charge in [-0.25, -0.2) is 4.79 Å². The average Bonchev–Trinajstić information content (AvgIpc) is 3.34. The molecule has 0 saturated heterocycles. The van der Waals surface area contributed by atoms with Gasteiger partial charge in [0.1, 0.15) is 11.1 Å². The Kier molecular flexibility index (Phi) is 6.07. The van der Waals surface area contributed by atoms with Crippen LogP contribution >= 0.6 is 11.3 Å². The van der Waals surface area contributed by atoms with Crippen LogP contribution in [0, 0.1) is 11.3 Å². The van der Waals surface area contributed by atoms with Crippen LogP contribution in [0.4, 0.5) is 18.2 Å². The van der Waals surface area contributed by atoms with Gasteiger partial charge in [0.05, 0.1) is 18.4 Å². The number of anilines is 1. The van der Waals surface area contributed by atoms with Crippen molar-refractivity contribution in [3.8, 4) is 6.07 Å². The van der Waals surface area contributed by atoms with Gasteiger partial charge in [-0.2, -0.15) is 18.4 Å². The molecule has 30 heavy (non-hydrogen) atoms. The summed E-state index contributed by atoms with van der Waals surface area (Å²) in [7, 11) is 0. The quantitative estimate of drug-likeness (QED) is 0.523. The Morgan fingerprint density at radius 2 is 2.07 bits per heavy atom. The number of halogens is 3. The molecule has 1 aliphatic carbocycles. The van der Waals surface area contributed by atoms with Crippen molar-refractivity contribution < 1.29 is 31.9 Å². The number of nitrogens with one attached hydrogen (secondary N) is 2. The van der Waals surface area contributed by atoms with Crippen molar-refractivity contribution in [3.05, 3.63) is 40.2 Å². The maximum Gasteiger partial charge on any atom is 0.441 e. The predicted octanol–water partition coefficient (Wildman–Crippen LogP) is 3.76. The molecule has 0 spiro atoms. The van der Waals surface area contributed by atoms with Gasteiger partial charge < -0.3 is 19.8 Å². The summed E-state index contributed by atoms with van der Waals surface area (Å²) < 4.78 is 52.3. The lowest BCUT2D eigenvalue weighted by atomic mass is 9.96. The normalized spacial score (nSPS) is 15.4. The van der Waals surface area contributed by atoms with E-state index in [1.54, 1.807) is 5.32 Å². The number of rotatable bonds is 6. The molecule has 7 nitrogen and oxygen atoms in total. The fourth-order valence-corrected chi connectivity index (χ4v) is 4.51. The van der Waals surface area contributed by atoms with Crippen LogP contribution in [0.3, 0.4) is 0 Å². The number of aryl methyl sites for hydroxylation is 1. The molecule has 0 radical (unpaired) electrons. The lowest BCUT2D eigenvalue weighted by Crippen LogP contribution is -2.69. The van der Waals surface area contributed by atoms with Gasteiger partial charge in [-0.1, -0.05) is 0 Å². The number of alkyl halides is 3. The molecule has 2 N–H and O–H groups in total. The zero-order valence-electron chi connectivity index (χ0n) is 15.9. The molecule has 1 atom stereocenters. The number of ether oxygens (including phenoxy) is 1. The number of hydrogen-bond acceptors (Lipinski definition) is 7. The summed E-state index contributed by atoms with van der Waals surface area (Å²) in [5.41, 5.74) is -2.89. The largest absolute Gasteiger partial charge is 0.463 e. The molecule has 2 aromatic rings. The van der Waals surface area contributed by atoms with E-state index >= 15 is 0 Å². The summed E-state index contributed by atoms with van der Waals surface area (Å²) in [6, 6.07) is 4.41. The molecule has 1 aliphatic rings. The second-order valence-electron chi connectivity index (χ2n) is 6.55. The standard InChI is InChI=1S/C19H18F3N3O4S/c1-2-28-17(27)18(19(20,21)22,24-15(26)13-7-5-9-29-13)25-16-12(10-23)11-6-3-4-8-14(11)30-16/h5,7,9,25H,2-4,6,8H2,1H3,(H,24,26). The fraction of sp³-hybridized carbons (Fsp3) is 0.421. The highest BCUT2D eigenvalue weighted by molar-refractivity contribution is 7.16. The highest BCUT2D eigenvalue weighted by atomic mass is 32.1. The maximum absolute atomic E-state index is 14.3. The van der Waals surface area contributed by atoms with E-state index < -0.39 is 29.5 Å². The molecule has 0 saturated carbocycles. The Bertz CT molecular complexity index is 979. The van der Waals surface area contributed by atoms with Gasteiger partial charge in [-0.15, -0.1) is 11.3 Å². The lowest BCUT2D eigenvalue weighted by molar-refractivity contribution is -0.204. The number of carbonyl (C=O) groups is 2. The van der Waals surface area contributed by atoms with Crippen molar-refractivity contribution in [2.75, 3.05) is 11.9 Å². The number of esters is 1. The number of thiophene rings is 1. The Morgan fingerprint density at radius 1 is 1.33 bits per heavy atom. The van der Waals surface area contributed by atoms with Crippen molar-refractivity contribution in [3.63, 3.8) is 0 Å². The Labute approximate surface area is 173 Å². The van der Waals surface area contributed by atoms with Gasteiger partial charge in [0.15, 0.2) is 5.76 Å². The molecule has 160 valence electrons. The van der Waals surface area contributed by atoms with E-state index in [0.29, 0.717) is 18.4 Å². The van der Waals surface area contributed by atoms with Gasteiger partial charge in [0.2, 0.25) is 0 Å². The van der Waals surface area contributed by atoms with Gasteiger partial charge in [0.25, 0.3) is 5.91 Å². The second-order valence-corrected chi connectivity index (χ2v) is 7.66. The molecular formula is C19H18F3N3O4S. The third-order valence-electron chi connectivity index (χ3n) is 4.64. The summed E-state index contributed by atoms with van der Waals surface area (Å²) in [4.78, 5) is 25.7. The summed E-state index contributed by atoms with van der Waals surface area (Å²) >= 11 is 0.973. The second kappa shape index (κ2) is 8.39. The summed E-state index contributed by atoms with van der Waals surface area (Å²) in [5, 5.41) is 13.2. The molecule has 0 bridgehead atoms. The van der Waals surface area contributed by atoms with E-state index in [1.807, 2.05) is 6.07 Å². The van der Waals surface area contributed by atoms with Gasteiger partial charge in [-0.3, -0.25) is 4.79 Å². The summed E-state index contributed by atoms with van der Waals surface area (Å²) in [6.45, 7) is 0.999. The third-order valence-corrected chi connectivity index (χ3v) is 5.84. The number of furan rings is 1. The third kappa shape index (κ3) is 3.87. The molecule has 2 aromatic heterocycles. The number of nitrogens with zero attached hydrogens (tertiary/aromatic N) is 1. The zero-order valence-corrected chi connectivity index (χ0v) is 16.7. The fourth-order valence-electron chi connectivity index (χ4n) is 3.21. The van der Waals surface area contributed by atoms with Crippen LogP contribution in [0.25, 0.3) is 0 Å². The first kappa shape index (κ1) is 21.7. The SMILES string of the molecule is CCOC(=O)C(NC(=O)c1ccco1)(Nc1sc2c(c1C#N)CCCC2)C(F)(F)F. The molecule has 2 heterocycles. The topological polar surface area (TPSA) is 104 Å². The maximum atomic E-state index is 14.3. The molecule has 0 aliphatic heterocycles. The highest BCUT2D eigenvalue weighted by Crippen LogP contribution is 2.41. The molecule has 0 fully saturated rings. The number of hydrogen-bond donors (Lipinski definition) is 2. The predicted molar refractivity (Wildman–Crippen MR) is 101 cm³/mol. The smallest absolute Gasteiger partial charge is 0.441 e. The van der Waals surface area contributed by atoms with Crippen LogP contribution < -0.4 is 10.6 Å². The number of carbonyl (C=O) groups excluding carboxylic acids is 2. The van der Waals surface area contributed by atoms with E-state index in [2.05, 4.69) is 10.1 Å². The Hall–Kier alpha value is -3.00. The minimum Gasteiger partial charge on any atom is -0.463 e. The molecule has 3 rings (SSSR count). The van der Waals surface area contributed by atoms with Gasteiger partial charge in [-0.05, 0) is 50.3 Å². The Balaban J connectivity index is 2.09. The minimum absolute atomic E-state index is 0.0415. The summed E-state index contributed by atoms with van der Waals surface area (Å²) in [5.74, 6) is -3.42. The van der Waals surface area contributed by atoms with E-state index in [-0.39, 0.29) is 17.2 Å². The molecule has 1 unspecified atom stereocenters. The number of amides is 1. The van der Waals surface area contributed by atoms with E-state index in [4.69, 9.17) is 4.42 Å². The Morgan fingerprint density at radius 3 is 2.67 bits per heavy atom. The summed E-state index contributed by atoms with van der Waals surface area (Å²) in [6.07, 6.45) is -1.31. The lowest BCUT2D eigenvalue weighted by Gasteiger charge is -2.34. The average molecular weight is 441 g/mol. The van der Waals surface area contributed by atoms with Crippen molar-refractivity contribution in [1.29, 1.82) is 5.26 Å². The van der Waals surface area contributed by atoms with Crippen molar-refractivity contribution in [2.45, 2.75) is 44.4 Å².